The number of nitro groups is 2. The molecule has 0 atom stereocenters. The Morgan fingerprint density at radius 2 is 1.59 bits per heavy atom. The molecule has 29 heavy (non-hydrogen) atoms. The first-order chi connectivity index (χ1) is 13.8. The number of nitrogens with zero attached hydrogens (tertiary/aromatic N) is 2. The molecule has 3 rings (SSSR count). The number of amides is 1. The Hall–Kier alpha value is -4.27. The molecule has 0 heterocycles. The molecule has 0 fully saturated rings. The van der Waals surface area contributed by atoms with Crippen molar-refractivity contribution >= 4 is 34.3 Å². The largest absolute Gasteiger partial charge is 0.350 e. The van der Waals surface area contributed by atoms with Gasteiger partial charge in [-0.15, -0.1) is 0 Å². The third-order valence-corrected chi connectivity index (χ3v) is 4.10. The third-order valence-electron chi connectivity index (χ3n) is 4.10. The summed E-state index contributed by atoms with van der Waals surface area (Å²) in [5.74, 6) is -0.337. The van der Waals surface area contributed by atoms with E-state index in [0.29, 0.717) is 16.9 Å². The molecule has 0 bridgehead atoms. The second-order valence-electron chi connectivity index (χ2n) is 6.24. The van der Waals surface area contributed by atoms with Crippen LogP contribution in [0.2, 0.25) is 0 Å². The lowest BCUT2D eigenvalue weighted by Gasteiger charge is -2.10. The van der Waals surface area contributed by atoms with Crippen LogP contribution in [-0.2, 0) is 0 Å². The first-order valence-electron chi connectivity index (χ1n) is 8.51. The summed E-state index contributed by atoms with van der Waals surface area (Å²) in [6.45, 7) is 1.94. The maximum absolute atomic E-state index is 12.5. The number of nitro benzene ring substituents is 2. The van der Waals surface area contributed by atoms with Crippen molar-refractivity contribution in [3.63, 3.8) is 0 Å². The number of hydrogen-bond acceptors (Lipinski definition) is 6. The van der Waals surface area contributed by atoms with Gasteiger partial charge >= 0.3 is 0 Å². The van der Waals surface area contributed by atoms with Gasteiger partial charge in [0.15, 0.2) is 0 Å². The molecule has 3 aromatic rings. The smallest absolute Gasteiger partial charge is 0.299 e. The van der Waals surface area contributed by atoms with Gasteiger partial charge in [0.25, 0.3) is 17.3 Å². The van der Waals surface area contributed by atoms with Gasteiger partial charge in [-0.1, -0.05) is 23.8 Å². The van der Waals surface area contributed by atoms with Crippen molar-refractivity contribution in [3.8, 4) is 0 Å². The topological polar surface area (TPSA) is 127 Å². The van der Waals surface area contributed by atoms with Crippen molar-refractivity contribution in [1.29, 1.82) is 0 Å². The van der Waals surface area contributed by atoms with E-state index in [1.807, 2.05) is 19.1 Å². The minimum Gasteiger partial charge on any atom is -0.350 e. The van der Waals surface area contributed by atoms with E-state index in [2.05, 4.69) is 10.6 Å². The molecule has 0 saturated carbocycles. The number of non-ortho nitro benzene ring substituents is 1. The normalized spacial score (nSPS) is 10.2. The van der Waals surface area contributed by atoms with Crippen LogP contribution in [0.5, 0.6) is 0 Å². The maximum atomic E-state index is 12.5. The van der Waals surface area contributed by atoms with Crippen molar-refractivity contribution in [1.82, 2.24) is 0 Å². The zero-order valence-electron chi connectivity index (χ0n) is 15.3. The third kappa shape index (κ3) is 4.72. The fourth-order valence-electron chi connectivity index (χ4n) is 2.62. The van der Waals surface area contributed by atoms with Crippen LogP contribution in [0.25, 0.3) is 0 Å². The number of carbonyl (C=O) groups is 1. The highest BCUT2D eigenvalue weighted by molar-refractivity contribution is 6.04. The highest BCUT2D eigenvalue weighted by Crippen LogP contribution is 2.31. The van der Waals surface area contributed by atoms with Crippen LogP contribution in [0.4, 0.5) is 28.4 Å². The van der Waals surface area contributed by atoms with Gasteiger partial charge in [0, 0.05) is 23.0 Å². The standard InChI is InChI=1S/C20H16N4O5/c1-13-5-7-15(8-6-13)22-20(25)14-3-2-4-16(11-14)21-18-10-9-17(23(26)27)12-19(18)24(28)29/h2-12,21H,1H3,(H,22,25). The van der Waals surface area contributed by atoms with Crippen LogP contribution in [0.1, 0.15) is 15.9 Å². The van der Waals surface area contributed by atoms with Gasteiger partial charge in [0.2, 0.25) is 0 Å². The summed E-state index contributed by atoms with van der Waals surface area (Å²) in [4.78, 5) is 33.2. The predicted octanol–water partition coefficient (Wildman–Crippen LogP) is 4.81. The lowest BCUT2D eigenvalue weighted by molar-refractivity contribution is -0.393. The van der Waals surface area contributed by atoms with E-state index in [0.717, 1.165) is 11.6 Å². The van der Waals surface area contributed by atoms with Gasteiger partial charge in [0.05, 0.1) is 15.9 Å². The Bertz CT molecular complexity index is 1100. The summed E-state index contributed by atoms with van der Waals surface area (Å²) < 4.78 is 0. The number of anilines is 3. The minimum atomic E-state index is -0.705. The van der Waals surface area contributed by atoms with E-state index in [1.165, 1.54) is 18.2 Å². The molecular formula is C20H16N4O5. The predicted molar refractivity (Wildman–Crippen MR) is 109 cm³/mol. The lowest BCUT2D eigenvalue weighted by Crippen LogP contribution is -2.12. The van der Waals surface area contributed by atoms with Crippen molar-refractivity contribution < 1.29 is 14.6 Å². The summed E-state index contributed by atoms with van der Waals surface area (Å²) in [5, 5.41) is 27.7. The van der Waals surface area contributed by atoms with E-state index in [1.54, 1.807) is 30.3 Å². The Balaban J connectivity index is 1.83. The molecule has 0 aliphatic heterocycles. The average molecular weight is 392 g/mol. The summed E-state index contributed by atoms with van der Waals surface area (Å²) in [5.41, 5.74) is 1.75. The molecule has 2 N–H and O–H groups in total. The van der Waals surface area contributed by atoms with Crippen LogP contribution in [0.15, 0.2) is 66.7 Å². The van der Waals surface area contributed by atoms with Crippen molar-refractivity contribution in [2.75, 3.05) is 10.6 Å². The maximum Gasteiger partial charge on any atom is 0.299 e. The molecule has 0 aliphatic rings. The van der Waals surface area contributed by atoms with Crippen molar-refractivity contribution in [2.45, 2.75) is 6.92 Å². The highest BCUT2D eigenvalue weighted by atomic mass is 16.6. The first kappa shape index (κ1) is 19.5. The van der Waals surface area contributed by atoms with Gasteiger partial charge in [0.1, 0.15) is 5.69 Å². The van der Waals surface area contributed by atoms with Crippen LogP contribution in [-0.4, -0.2) is 15.8 Å². The van der Waals surface area contributed by atoms with Gasteiger partial charge in [-0.25, -0.2) is 0 Å². The minimum absolute atomic E-state index is 0.0803. The second-order valence-corrected chi connectivity index (χ2v) is 6.24. The fourth-order valence-corrected chi connectivity index (χ4v) is 2.62. The summed E-state index contributed by atoms with van der Waals surface area (Å²) >= 11 is 0. The number of rotatable bonds is 6. The van der Waals surface area contributed by atoms with Crippen molar-refractivity contribution in [3.05, 3.63) is 98.1 Å². The monoisotopic (exact) mass is 392 g/mol. The molecule has 0 saturated heterocycles. The zero-order chi connectivity index (χ0) is 21.0. The van der Waals surface area contributed by atoms with Crippen LogP contribution < -0.4 is 10.6 Å². The molecule has 0 aliphatic carbocycles. The first-order valence-corrected chi connectivity index (χ1v) is 8.51. The Morgan fingerprint density at radius 3 is 2.24 bits per heavy atom. The molecule has 0 spiro atoms. The van der Waals surface area contributed by atoms with Crippen molar-refractivity contribution in [2.24, 2.45) is 0 Å². The highest BCUT2D eigenvalue weighted by Gasteiger charge is 2.19. The van der Waals surface area contributed by atoms with E-state index in [4.69, 9.17) is 0 Å². The zero-order valence-corrected chi connectivity index (χ0v) is 15.3. The van der Waals surface area contributed by atoms with Crippen LogP contribution in [0, 0.1) is 27.2 Å². The van der Waals surface area contributed by atoms with Gasteiger partial charge in [-0.2, -0.15) is 0 Å². The van der Waals surface area contributed by atoms with Crippen LogP contribution in [0.3, 0.4) is 0 Å². The lowest BCUT2D eigenvalue weighted by atomic mass is 10.1. The Labute approximate surface area is 165 Å². The molecule has 0 unspecified atom stereocenters. The molecular weight excluding hydrogens is 376 g/mol. The van der Waals surface area contributed by atoms with E-state index < -0.39 is 15.5 Å². The number of hydrogen-bond donors (Lipinski definition) is 2. The van der Waals surface area contributed by atoms with E-state index in [-0.39, 0.29) is 17.3 Å². The van der Waals surface area contributed by atoms with Gasteiger partial charge in [-0.05, 0) is 43.3 Å². The molecule has 0 aromatic heterocycles. The molecule has 0 radical (unpaired) electrons. The average Bonchev–Trinajstić information content (AvgIpc) is 2.70. The molecule has 3 aromatic carbocycles. The van der Waals surface area contributed by atoms with Crippen LogP contribution >= 0.6 is 0 Å². The fraction of sp³-hybridized carbons (Fsp3) is 0.0500. The SMILES string of the molecule is Cc1ccc(NC(=O)c2cccc(Nc3ccc([N+](=O)[O-])cc3[N+](=O)[O-])c2)cc1. The summed E-state index contributed by atoms with van der Waals surface area (Å²) in [7, 11) is 0. The summed E-state index contributed by atoms with van der Waals surface area (Å²) in [6.07, 6.45) is 0. The van der Waals surface area contributed by atoms with E-state index in [9.17, 15) is 25.0 Å². The second kappa shape index (κ2) is 8.17. The number of benzene rings is 3. The van der Waals surface area contributed by atoms with Gasteiger partial charge in [-0.3, -0.25) is 25.0 Å². The summed E-state index contributed by atoms with van der Waals surface area (Å²) in [6, 6.07) is 17.0. The number of nitrogens with one attached hydrogen (secondary N) is 2. The Morgan fingerprint density at radius 1 is 0.862 bits per heavy atom. The molecule has 146 valence electrons. The molecule has 9 nitrogen and oxygen atoms in total. The number of carbonyl (C=O) groups excluding carboxylic acids is 1. The Kier molecular flexibility index (Phi) is 5.49. The van der Waals surface area contributed by atoms with Gasteiger partial charge < -0.3 is 10.6 Å². The molecule has 9 heteroatoms. The molecule has 1 amide bonds. The number of aryl methyl sites for hydroxylation is 1. The van der Waals surface area contributed by atoms with E-state index >= 15 is 0 Å². The quantitative estimate of drug-likeness (QED) is 0.458.